The molecule has 1 spiro atoms. The van der Waals surface area contributed by atoms with Gasteiger partial charge in [-0.2, -0.15) is 10.1 Å². The van der Waals surface area contributed by atoms with Crippen molar-refractivity contribution in [3.8, 4) is 0 Å². The molecule has 5 rings (SSSR count). The monoisotopic (exact) mass is 400 g/mol. The summed E-state index contributed by atoms with van der Waals surface area (Å²) in [5.74, 6) is 2.85. The van der Waals surface area contributed by atoms with Gasteiger partial charge in [0.2, 0.25) is 5.95 Å². The van der Waals surface area contributed by atoms with E-state index in [9.17, 15) is 4.79 Å². The van der Waals surface area contributed by atoms with Gasteiger partial charge in [0.25, 0.3) is 5.91 Å². The first-order chi connectivity index (χ1) is 14.2. The number of ether oxygens (including phenoxy) is 1. The Balaban J connectivity index is 1.62. The summed E-state index contributed by atoms with van der Waals surface area (Å²) in [5, 5.41) is 5.21. The smallest absolute Gasteiger partial charge is 0.255 e. The molecule has 0 bridgehead atoms. The van der Waals surface area contributed by atoms with Crippen LogP contribution in [0.3, 0.4) is 0 Å². The summed E-state index contributed by atoms with van der Waals surface area (Å²) in [4.78, 5) is 20.3. The Morgan fingerprint density at radius 2 is 1.69 bits per heavy atom. The molecule has 4 aliphatic rings. The molecule has 29 heavy (non-hydrogen) atoms. The zero-order valence-corrected chi connectivity index (χ0v) is 17.9. The number of aromatic nitrogens is 3. The Labute approximate surface area is 174 Å². The molecule has 3 aliphatic carbocycles. The van der Waals surface area contributed by atoms with E-state index in [0.29, 0.717) is 11.8 Å². The van der Waals surface area contributed by atoms with Crippen LogP contribution in [0.15, 0.2) is 0 Å². The highest BCUT2D eigenvalue weighted by molar-refractivity contribution is 5.93. The lowest BCUT2D eigenvalue weighted by atomic mass is 9.64. The van der Waals surface area contributed by atoms with Crippen molar-refractivity contribution in [2.45, 2.75) is 107 Å². The third-order valence-electron chi connectivity index (χ3n) is 8.22. The molecular weight excluding hydrogens is 364 g/mol. The highest BCUT2D eigenvalue weighted by Gasteiger charge is 2.55. The van der Waals surface area contributed by atoms with E-state index < -0.39 is 0 Å². The van der Waals surface area contributed by atoms with Crippen LogP contribution in [0.1, 0.15) is 102 Å². The van der Waals surface area contributed by atoms with E-state index in [-0.39, 0.29) is 24.1 Å². The minimum Gasteiger partial charge on any atom is -0.375 e. The van der Waals surface area contributed by atoms with Crippen LogP contribution in [0.4, 0.5) is 5.95 Å². The van der Waals surface area contributed by atoms with Crippen molar-refractivity contribution in [3.05, 3.63) is 5.82 Å². The Morgan fingerprint density at radius 3 is 2.45 bits per heavy atom. The predicted octanol–water partition coefficient (Wildman–Crippen LogP) is 4.54. The van der Waals surface area contributed by atoms with Gasteiger partial charge < -0.3 is 4.74 Å². The number of hydrogen-bond donors (Lipinski definition) is 0. The van der Waals surface area contributed by atoms with E-state index >= 15 is 0 Å². The summed E-state index contributed by atoms with van der Waals surface area (Å²) in [6.45, 7) is 0.127. The molecule has 0 aromatic carbocycles. The fourth-order valence-corrected chi connectivity index (χ4v) is 6.90. The molecule has 6 nitrogen and oxygen atoms in total. The van der Waals surface area contributed by atoms with Crippen LogP contribution in [0.5, 0.6) is 0 Å². The van der Waals surface area contributed by atoms with Crippen molar-refractivity contribution in [2.24, 2.45) is 5.92 Å². The number of methoxy groups -OCH3 is 1. The van der Waals surface area contributed by atoms with Crippen LogP contribution in [-0.4, -0.2) is 40.4 Å². The summed E-state index contributed by atoms with van der Waals surface area (Å²) < 4.78 is 7.52. The van der Waals surface area contributed by atoms with E-state index in [1.54, 1.807) is 7.11 Å². The number of amides is 1. The van der Waals surface area contributed by atoms with Crippen molar-refractivity contribution >= 4 is 11.9 Å². The van der Waals surface area contributed by atoms with Crippen molar-refractivity contribution in [1.29, 1.82) is 0 Å². The number of fused-ring (bicyclic) bond motifs is 4. The predicted molar refractivity (Wildman–Crippen MR) is 112 cm³/mol. The number of anilines is 1. The van der Waals surface area contributed by atoms with Gasteiger partial charge in [0.05, 0.1) is 5.54 Å². The second-order valence-corrected chi connectivity index (χ2v) is 9.84. The van der Waals surface area contributed by atoms with E-state index in [4.69, 9.17) is 14.8 Å². The maximum atomic E-state index is 13.2. The molecule has 2 atom stereocenters. The van der Waals surface area contributed by atoms with E-state index in [1.165, 1.54) is 83.5 Å². The summed E-state index contributed by atoms with van der Waals surface area (Å²) in [6, 6.07) is 0.264. The summed E-state index contributed by atoms with van der Waals surface area (Å²) in [6.07, 6.45) is 17.3. The van der Waals surface area contributed by atoms with Gasteiger partial charge in [-0.3, -0.25) is 9.69 Å². The number of rotatable bonds is 3. The van der Waals surface area contributed by atoms with Gasteiger partial charge in [0.15, 0.2) is 5.82 Å². The van der Waals surface area contributed by atoms with E-state index in [2.05, 4.69) is 4.68 Å². The highest BCUT2D eigenvalue weighted by Crippen LogP contribution is 2.53. The first-order valence-electron chi connectivity index (χ1n) is 12.0. The molecule has 1 amide bonds. The third kappa shape index (κ3) is 3.22. The summed E-state index contributed by atoms with van der Waals surface area (Å²) >= 11 is 0. The molecule has 2 unspecified atom stereocenters. The Kier molecular flexibility index (Phi) is 5.39. The van der Waals surface area contributed by atoms with Gasteiger partial charge >= 0.3 is 0 Å². The number of carbonyl (C=O) groups is 1. The molecular formula is C23H36N4O2. The lowest BCUT2D eigenvalue weighted by Gasteiger charge is -2.55. The minimum atomic E-state index is 0.0545. The lowest BCUT2D eigenvalue weighted by molar-refractivity contribution is -0.124. The molecule has 0 N–H and O–H groups in total. The third-order valence-corrected chi connectivity index (χ3v) is 8.22. The molecule has 2 heterocycles. The number of nitrogens with zero attached hydrogens (tertiary/aromatic N) is 4. The average molecular weight is 401 g/mol. The maximum Gasteiger partial charge on any atom is 0.255 e. The molecule has 3 saturated carbocycles. The Morgan fingerprint density at radius 1 is 1.00 bits per heavy atom. The van der Waals surface area contributed by atoms with Crippen LogP contribution in [0.2, 0.25) is 0 Å². The van der Waals surface area contributed by atoms with Crippen molar-refractivity contribution in [2.75, 3.05) is 18.6 Å². The second-order valence-electron chi connectivity index (χ2n) is 9.84. The fraction of sp³-hybridized carbons (Fsp3) is 0.870. The average Bonchev–Trinajstić information content (AvgIpc) is 3.22. The van der Waals surface area contributed by atoms with Crippen LogP contribution in [0, 0.1) is 5.92 Å². The van der Waals surface area contributed by atoms with Gasteiger partial charge in [-0.05, 0) is 38.5 Å². The quantitative estimate of drug-likeness (QED) is 0.747. The van der Waals surface area contributed by atoms with Crippen molar-refractivity contribution in [1.82, 2.24) is 14.8 Å². The molecule has 160 valence electrons. The van der Waals surface area contributed by atoms with Crippen LogP contribution in [-0.2, 0) is 15.1 Å². The van der Waals surface area contributed by atoms with Gasteiger partial charge in [0, 0.05) is 25.0 Å². The largest absolute Gasteiger partial charge is 0.375 e. The van der Waals surface area contributed by atoms with Crippen molar-refractivity contribution in [3.63, 3.8) is 0 Å². The van der Waals surface area contributed by atoms with Gasteiger partial charge in [-0.25, -0.2) is 4.68 Å². The van der Waals surface area contributed by atoms with E-state index in [1.807, 2.05) is 4.90 Å². The second kappa shape index (κ2) is 8.01. The van der Waals surface area contributed by atoms with Gasteiger partial charge in [0.1, 0.15) is 6.61 Å². The van der Waals surface area contributed by atoms with E-state index in [0.717, 1.165) is 18.2 Å². The first-order valence-corrected chi connectivity index (χ1v) is 12.0. The molecule has 1 aromatic rings. The highest BCUT2D eigenvalue weighted by atomic mass is 16.5. The van der Waals surface area contributed by atoms with Gasteiger partial charge in [-0.1, -0.05) is 51.4 Å². The molecule has 0 saturated heterocycles. The zero-order chi connectivity index (χ0) is 19.8. The molecule has 3 fully saturated rings. The zero-order valence-electron chi connectivity index (χ0n) is 17.9. The molecule has 6 heteroatoms. The van der Waals surface area contributed by atoms with Gasteiger partial charge in [-0.15, -0.1) is 0 Å². The molecule has 1 aromatic heterocycles. The standard InChI is InChI=1S/C23H36N4O2/c1-29-16-20(28)26-19-13-7-6-12-18(19)23(14-8-3-9-15-23)27-22(26)24-21(25-27)17-10-4-2-5-11-17/h17-19H,2-16H2,1H3. The molecule has 1 aliphatic heterocycles. The lowest BCUT2D eigenvalue weighted by Crippen LogP contribution is -2.62. The summed E-state index contributed by atoms with van der Waals surface area (Å²) in [7, 11) is 1.61. The topological polar surface area (TPSA) is 60.2 Å². The van der Waals surface area contributed by atoms with Crippen LogP contribution in [0.25, 0.3) is 0 Å². The summed E-state index contributed by atoms with van der Waals surface area (Å²) in [5.41, 5.74) is 0.0719. The maximum absolute atomic E-state index is 13.2. The fourth-order valence-electron chi connectivity index (χ4n) is 6.90. The Bertz CT molecular complexity index is 733. The number of carbonyl (C=O) groups excluding carboxylic acids is 1. The molecule has 0 radical (unpaired) electrons. The number of hydrogen-bond acceptors (Lipinski definition) is 4. The SMILES string of the molecule is COCC(=O)N1c2nc(C3CCCCC3)nn2C2(CCCCC2)C2CCCCC21. The normalized spacial score (nSPS) is 29.5. The van der Waals surface area contributed by atoms with Crippen molar-refractivity contribution < 1.29 is 9.53 Å². The van der Waals surface area contributed by atoms with Crippen LogP contribution >= 0.6 is 0 Å². The minimum absolute atomic E-state index is 0.0545. The first kappa shape index (κ1) is 19.5. The van der Waals surface area contributed by atoms with Crippen LogP contribution < -0.4 is 4.90 Å². The Hall–Kier alpha value is -1.43.